The van der Waals surface area contributed by atoms with Crippen molar-refractivity contribution in [2.24, 2.45) is 0 Å². The molecule has 2 nitrogen and oxygen atoms in total. The van der Waals surface area contributed by atoms with Crippen LogP contribution in [-0.2, 0) is 0 Å². The van der Waals surface area contributed by atoms with Gasteiger partial charge in [0.2, 0.25) is 0 Å². The number of hydrogen-bond donors (Lipinski definition) is 1. The lowest BCUT2D eigenvalue weighted by Crippen LogP contribution is -1.92. The predicted octanol–water partition coefficient (Wildman–Crippen LogP) is 2.74. The van der Waals surface area contributed by atoms with Gasteiger partial charge in [0.15, 0.2) is 0 Å². The second-order valence-electron chi connectivity index (χ2n) is 2.99. The van der Waals surface area contributed by atoms with Crippen LogP contribution in [0.15, 0.2) is 24.3 Å². The fraction of sp³-hybridized carbons (Fsp3) is 0.273. The summed E-state index contributed by atoms with van der Waals surface area (Å²) in [6.45, 7) is 1.69. The minimum absolute atomic E-state index is 0.473. The zero-order chi connectivity index (χ0) is 10.6. The van der Waals surface area contributed by atoms with Crippen molar-refractivity contribution in [3.8, 4) is 5.75 Å². The second-order valence-corrected chi connectivity index (χ2v) is 3.42. The van der Waals surface area contributed by atoms with E-state index in [1.54, 1.807) is 44.4 Å². The van der Waals surface area contributed by atoms with Gasteiger partial charge in [0, 0.05) is 10.6 Å². The van der Waals surface area contributed by atoms with Gasteiger partial charge in [-0.25, -0.2) is 0 Å². The highest BCUT2D eigenvalue weighted by atomic mass is 35.5. The van der Waals surface area contributed by atoms with Crippen molar-refractivity contribution in [1.82, 2.24) is 0 Å². The number of rotatable bonds is 3. The molecule has 1 rings (SSSR count). The van der Waals surface area contributed by atoms with Crippen LogP contribution < -0.4 is 4.74 Å². The van der Waals surface area contributed by atoms with Crippen molar-refractivity contribution >= 4 is 17.7 Å². The first-order chi connectivity index (χ1) is 6.63. The van der Waals surface area contributed by atoms with E-state index in [1.165, 1.54) is 0 Å². The lowest BCUT2D eigenvalue weighted by atomic mass is 10.1. The molecule has 0 saturated carbocycles. The highest BCUT2D eigenvalue weighted by molar-refractivity contribution is 6.30. The summed E-state index contributed by atoms with van der Waals surface area (Å²) in [7, 11) is 1.60. The van der Waals surface area contributed by atoms with Gasteiger partial charge in [0.1, 0.15) is 5.75 Å². The molecule has 1 atom stereocenters. The Morgan fingerprint density at radius 1 is 1.50 bits per heavy atom. The monoisotopic (exact) mass is 212 g/mol. The lowest BCUT2D eigenvalue weighted by Gasteiger charge is -2.05. The summed E-state index contributed by atoms with van der Waals surface area (Å²) in [4.78, 5) is 0. The van der Waals surface area contributed by atoms with Crippen LogP contribution in [0, 0.1) is 0 Å². The Bertz CT molecular complexity index is 332. The molecule has 1 aromatic rings. The maximum absolute atomic E-state index is 9.09. The van der Waals surface area contributed by atoms with Gasteiger partial charge in [-0.3, -0.25) is 0 Å². The Balaban J connectivity index is 2.99. The van der Waals surface area contributed by atoms with E-state index in [0.717, 1.165) is 11.3 Å². The number of methoxy groups -OCH3 is 1. The van der Waals surface area contributed by atoms with Gasteiger partial charge in [0.25, 0.3) is 0 Å². The summed E-state index contributed by atoms with van der Waals surface area (Å²) in [6, 6.07) is 5.35. The van der Waals surface area contributed by atoms with Gasteiger partial charge < -0.3 is 9.84 Å². The number of halogens is 1. The molecule has 1 aromatic carbocycles. The van der Waals surface area contributed by atoms with Crippen molar-refractivity contribution in [1.29, 1.82) is 0 Å². The van der Waals surface area contributed by atoms with Crippen LogP contribution in [-0.4, -0.2) is 18.3 Å². The minimum atomic E-state index is -0.473. The molecule has 0 fully saturated rings. The van der Waals surface area contributed by atoms with Gasteiger partial charge in [-0.15, -0.1) is 0 Å². The van der Waals surface area contributed by atoms with Gasteiger partial charge >= 0.3 is 0 Å². The summed E-state index contributed by atoms with van der Waals surface area (Å²) < 4.78 is 5.14. The summed E-state index contributed by atoms with van der Waals surface area (Å²) in [5, 5.41) is 9.74. The Kier molecular flexibility index (Phi) is 3.98. The number of hydrogen-bond acceptors (Lipinski definition) is 2. The summed E-state index contributed by atoms with van der Waals surface area (Å²) >= 11 is 5.84. The molecule has 0 saturated heterocycles. The fourth-order valence-electron chi connectivity index (χ4n) is 1.08. The first-order valence-corrected chi connectivity index (χ1v) is 4.71. The van der Waals surface area contributed by atoms with E-state index < -0.39 is 6.10 Å². The standard InChI is InChI=1S/C11H13ClO2/c1-8(13)3-4-9-7-10(12)5-6-11(9)14-2/h3-8,13H,1-2H3/b4-3+/t8-/m0/s1. The van der Waals surface area contributed by atoms with Crippen LogP contribution in [0.2, 0.25) is 5.02 Å². The molecule has 0 amide bonds. The first-order valence-electron chi connectivity index (χ1n) is 4.33. The molecule has 0 radical (unpaired) electrons. The predicted molar refractivity (Wildman–Crippen MR) is 58.7 cm³/mol. The van der Waals surface area contributed by atoms with E-state index in [4.69, 9.17) is 21.4 Å². The largest absolute Gasteiger partial charge is 0.496 e. The lowest BCUT2D eigenvalue weighted by molar-refractivity contribution is 0.245. The molecule has 0 unspecified atom stereocenters. The van der Waals surface area contributed by atoms with E-state index in [9.17, 15) is 0 Å². The summed E-state index contributed by atoms with van der Waals surface area (Å²) in [6.07, 6.45) is 2.99. The highest BCUT2D eigenvalue weighted by Gasteiger charge is 2.00. The third kappa shape index (κ3) is 3.05. The smallest absolute Gasteiger partial charge is 0.126 e. The molecule has 0 aliphatic carbocycles. The third-order valence-electron chi connectivity index (χ3n) is 1.75. The Labute approximate surface area is 88.8 Å². The molecule has 0 aliphatic rings. The average Bonchev–Trinajstić information content (AvgIpc) is 2.15. The van der Waals surface area contributed by atoms with Gasteiger partial charge in [0.05, 0.1) is 13.2 Å². The SMILES string of the molecule is COc1ccc(Cl)cc1/C=C/[C@H](C)O. The van der Waals surface area contributed by atoms with Crippen molar-refractivity contribution in [2.45, 2.75) is 13.0 Å². The van der Waals surface area contributed by atoms with Gasteiger partial charge in [-0.05, 0) is 25.1 Å². The van der Waals surface area contributed by atoms with Crippen LogP contribution in [0.4, 0.5) is 0 Å². The number of ether oxygens (including phenoxy) is 1. The molecule has 0 aliphatic heterocycles. The van der Waals surface area contributed by atoms with E-state index in [2.05, 4.69) is 0 Å². The van der Waals surface area contributed by atoms with Crippen molar-refractivity contribution in [3.05, 3.63) is 34.9 Å². The topological polar surface area (TPSA) is 29.5 Å². The number of aliphatic hydroxyl groups is 1. The molecule has 0 spiro atoms. The number of benzene rings is 1. The zero-order valence-electron chi connectivity index (χ0n) is 8.20. The maximum atomic E-state index is 9.09. The summed E-state index contributed by atoms with van der Waals surface area (Å²) in [5.41, 5.74) is 0.862. The Hall–Kier alpha value is -0.990. The van der Waals surface area contributed by atoms with Crippen LogP contribution >= 0.6 is 11.6 Å². The van der Waals surface area contributed by atoms with Crippen molar-refractivity contribution in [3.63, 3.8) is 0 Å². The Morgan fingerprint density at radius 2 is 2.21 bits per heavy atom. The first kappa shape index (κ1) is 11.1. The van der Waals surface area contributed by atoms with Gasteiger partial charge in [-0.2, -0.15) is 0 Å². The zero-order valence-corrected chi connectivity index (χ0v) is 8.95. The molecule has 0 bridgehead atoms. The maximum Gasteiger partial charge on any atom is 0.126 e. The second kappa shape index (κ2) is 5.03. The highest BCUT2D eigenvalue weighted by Crippen LogP contribution is 2.23. The van der Waals surface area contributed by atoms with Gasteiger partial charge in [-0.1, -0.05) is 23.8 Å². The fourth-order valence-corrected chi connectivity index (χ4v) is 1.26. The molecule has 14 heavy (non-hydrogen) atoms. The van der Waals surface area contributed by atoms with E-state index in [-0.39, 0.29) is 0 Å². The third-order valence-corrected chi connectivity index (χ3v) is 1.98. The Morgan fingerprint density at radius 3 is 2.79 bits per heavy atom. The average molecular weight is 213 g/mol. The van der Waals surface area contributed by atoms with Crippen LogP contribution in [0.5, 0.6) is 5.75 Å². The summed E-state index contributed by atoms with van der Waals surface area (Å²) in [5.74, 6) is 0.742. The van der Waals surface area contributed by atoms with E-state index in [0.29, 0.717) is 5.02 Å². The molecule has 1 N–H and O–H groups in total. The molecule has 0 heterocycles. The van der Waals surface area contributed by atoms with Crippen LogP contribution in [0.3, 0.4) is 0 Å². The number of aliphatic hydroxyl groups excluding tert-OH is 1. The molecular weight excluding hydrogens is 200 g/mol. The van der Waals surface area contributed by atoms with Crippen LogP contribution in [0.25, 0.3) is 6.08 Å². The van der Waals surface area contributed by atoms with Crippen molar-refractivity contribution in [2.75, 3.05) is 7.11 Å². The molecule has 0 aromatic heterocycles. The normalized spacial score (nSPS) is 13.1. The van der Waals surface area contributed by atoms with E-state index >= 15 is 0 Å². The van der Waals surface area contributed by atoms with Crippen molar-refractivity contribution < 1.29 is 9.84 Å². The molecule has 76 valence electrons. The quantitative estimate of drug-likeness (QED) is 0.835. The van der Waals surface area contributed by atoms with Crippen LogP contribution in [0.1, 0.15) is 12.5 Å². The van der Waals surface area contributed by atoms with E-state index in [1.807, 2.05) is 0 Å². The molecular formula is C11H13ClO2. The molecule has 3 heteroatoms. The minimum Gasteiger partial charge on any atom is -0.496 e.